The highest BCUT2D eigenvalue weighted by atomic mass is 16.2. The molecule has 0 aliphatic rings. The van der Waals surface area contributed by atoms with Gasteiger partial charge in [-0.15, -0.1) is 0 Å². The maximum Gasteiger partial charge on any atom is 0.225 e. The SMILES string of the molecule is CC(C)(C)C(=O)C(NC(=O)Cc1ccccc1)C(C)(C)C. The van der Waals surface area contributed by atoms with Gasteiger partial charge in [-0.3, -0.25) is 9.59 Å². The summed E-state index contributed by atoms with van der Waals surface area (Å²) >= 11 is 0. The lowest BCUT2D eigenvalue weighted by Crippen LogP contribution is -2.53. The molecule has 0 spiro atoms. The second-order valence-corrected chi connectivity index (χ2v) is 7.64. The van der Waals surface area contributed by atoms with Crippen LogP contribution in [-0.4, -0.2) is 17.7 Å². The van der Waals surface area contributed by atoms with Crippen LogP contribution in [0.15, 0.2) is 30.3 Å². The molecule has 21 heavy (non-hydrogen) atoms. The number of benzene rings is 1. The fourth-order valence-corrected chi connectivity index (χ4v) is 2.10. The van der Waals surface area contributed by atoms with E-state index in [1.54, 1.807) is 0 Å². The molecule has 0 saturated heterocycles. The molecule has 0 radical (unpaired) electrons. The molecule has 0 heterocycles. The summed E-state index contributed by atoms with van der Waals surface area (Å²) in [6.45, 7) is 11.6. The Morgan fingerprint density at radius 3 is 1.95 bits per heavy atom. The molecule has 1 rings (SSSR count). The standard InChI is InChI=1S/C18H27NO2/c1-17(2,3)15(16(21)18(4,5)6)19-14(20)12-13-10-8-7-9-11-13/h7-11,15H,12H2,1-6H3,(H,19,20). The molecule has 1 aromatic rings. The van der Waals surface area contributed by atoms with Crippen molar-refractivity contribution >= 4 is 11.7 Å². The lowest BCUT2D eigenvalue weighted by Gasteiger charge is -2.34. The fourth-order valence-electron chi connectivity index (χ4n) is 2.10. The van der Waals surface area contributed by atoms with Gasteiger partial charge in [0.25, 0.3) is 0 Å². The highest BCUT2D eigenvalue weighted by molar-refractivity contribution is 5.93. The molecule has 0 aliphatic heterocycles. The normalized spacial score (nSPS) is 13.6. The van der Waals surface area contributed by atoms with E-state index in [4.69, 9.17) is 0 Å². The van der Waals surface area contributed by atoms with Gasteiger partial charge in [0.05, 0.1) is 12.5 Å². The monoisotopic (exact) mass is 289 g/mol. The first-order chi connectivity index (χ1) is 9.51. The van der Waals surface area contributed by atoms with Crippen LogP contribution in [0.5, 0.6) is 0 Å². The number of Topliss-reactive ketones (excluding diaryl/α,β-unsaturated/α-hetero) is 1. The maximum atomic E-state index is 12.6. The molecule has 1 aromatic carbocycles. The largest absolute Gasteiger partial charge is 0.345 e. The lowest BCUT2D eigenvalue weighted by atomic mass is 9.75. The van der Waals surface area contributed by atoms with Crippen LogP contribution in [-0.2, 0) is 16.0 Å². The number of amides is 1. The Kier molecular flexibility index (Phi) is 5.32. The Morgan fingerprint density at radius 1 is 1.00 bits per heavy atom. The minimum Gasteiger partial charge on any atom is -0.345 e. The Bertz CT molecular complexity index is 492. The zero-order valence-electron chi connectivity index (χ0n) is 14.0. The quantitative estimate of drug-likeness (QED) is 0.923. The molecule has 0 aliphatic carbocycles. The molecule has 3 nitrogen and oxygen atoms in total. The van der Waals surface area contributed by atoms with Crippen LogP contribution in [0.1, 0.15) is 47.1 Å². The van der Waals surface area contributed by atoms with Crippen molar-refractivity contribution in [3.63, 3.8) is 0 Å². The molecule has 1 N–H and O–H groups in total. The fraction of sp³-hybridized carbons (Fsp3) is 0.556. The van der Waals surface area contributed by atoms with Crippen molar-refractivity contribution in [3.8, 4) is 0 Å². The summed E-state index contributed by atoms with van der Waals surface area (Å²) in [7, 11) is 0. The van der Waals surface area contributed by atoms with Crippen LogP contribution >= 0.6 is 0 Å². The summed E-state index contributed by atoms with van der Waals surface area (Å²) in [5, 5.41) is 2.92. The van der Waals surface area contributed by atoms with E-state index >= 15 is 0 Å². The number of hydrogen-bond donors (Lipinski definition) is 1. The smallest absolute Gasteiger partial charge is 0.225 e. The first-order valence-electron chi connectivity index (χ1n) is 7.39. The molecule has 1 atom stereocenters. The summed E-state index contributed by atoms with van der Waals surface area (Å²) in [5.74, 6) is -0.0462. The number of carbonyl (C=O) groups excluding carboxylic acids is 2. The molecule has 0 fully saturated rings. The van der Waals surface area contributed by atoms with E-state index in [9.17, 15) is 9.59 Å². The van der Waals surface area contributed by atoms with Crippen molar-refractivity contribution in [2.24, 2.45) is 10.8 Å². The van der Waals surface area contributed by atoms with Crippen LogP contribution in [0.2, 0.25) is 0 Å². The van der Waals surface area contributed by atoms with Crippen molar-refractivity contribution in [1.29, 1.82) is 0 Å². The van der Waals surface area contributed by atoms with Crippen molar-refractivity contribution < 1.29 is 9.59 Å². The minimum atomic E-state index is -0.478. The zero-order chi connectivity index (χ0) is 16.3. The van der Waals surface area contributed by atoms with Crippen molar-refractivity contribution in [2.75, 3.05) is 0 Å². The van der Waals surface area contributed by atoms with Gasteiger partial charge in [-0.1, -0.05) is 71.9 Å². The van der Waals surface area contributed by atoms with E-state index in [0.717, 1.165) is 5.56 Å². The number of rotatable bonds is 4. The van der Waals surface area contributed by atoms with Gasteiger partial charge in [-0.05, 0) is 11.0 Å². The van der Waals surface area contributed by atoms with E-state index in [1.165, 1.54) is 0 Å². The van der Waals surface area contributed by atoms with Gasteiger partial charge in [0.15, 0.2) is 5.78 Å². The predicted octanol–water partition coefficient (Wildman–Crippen LogP) is 3.38. The van der Waals surface area contributed by atoms with Gasteiger partial charge in [-0.25, -0.2) is 0 Å². The van der Waals surface area contributed by atoms with Gasteiger partial charge >= 0.3 is 0 Å². The molecule has 116 valence electrons. The third kappa shape index (κ3) is 5.33. The molecule has 0 saturated carbocycles. The van der Waals surface area contributed by atoms with Crippen LogP contribution < -0.4 is 5.32 Å². The van der Waals surface area contributed by atoms with E-state index in [-0.39, 0.29) is 17.1 Å². The lowest BCUT2D eigenvalue weighted by molar-refractivity contribution is -0.135. The Balaban J connectivity index is 2.83. The number of carbonyl (C=O) groups is 2. The highest BCUT2D eigenvalue weighted by Gasteiger charge is 2.38. The summed E-state index contributed by atoms with van der Waals surface area (Å²) < 4.78 is 0. The van der Waals surface area contributed by atoms with Gasteiger partial charge in [0, 0.05) is 5.41 Å². The molecule has 3 heteroatoms. The first kappa shape index (κ1) is 17.4. The van der Waals surface area contributed by atoms with E-state index < -0.39 is 11.5 Å². The summed E-state index contributed by atoms with van der Waals surface area (Å²) in [4.78, 5) is 24.8. The minimum absolute atomic E-state index is 0.0661. The summed E-state index contributed by atoms with van der Waals surface area (Å²) in [6, 6.07) is 9.08. The highest BCUT2D eigenvalue weighted by Crippen LogP contribution is 2.27. The summed E-state index contributed by atoms with van der Waals surface area (Å²) in [5.41, 5.74) is 0.167. The molecule has 1 amide bonds. The predicted molar refractivity (Wildman–Crippen MR) is 86.0 cm³/mol. The molecule has 0 bridgehead atoms. The van der Waals surface area contributed by atoms with E-state index in [1.807, 2.05) is 71.9 Å². The number of nitrogens with one attached hydrogen (secondary N) is 1. The van der Waals surface area contributed by atoms with Crippen molar-refractivity contribution in [3.05, 3.63) is 35.9 Å². The Labute approximate surface area is 128 Å². The van der Waals surface area contributed by atoms with Crippen molar-refractivity contribution in [1.82, 2.24) is 5.32 Å². The second kappa shape index (κ2) is 6.42. The second-order valence-electron chi connectivity index (χ2n) is 7.64. The molecule has 1 unspecified atom stereocenters. The molecular formula is C18H27NO2. The van der Waals surface area contributed by atoms with Gasteiger partial charge in [0.2, 0.25) is 5.91 Å². The van der Waals surface area contributed by atoms with Crippen LogP contribution in [0.3, 0.4) is 0 Å². The van der Waals surface area contributed by atoms with Gasteiger partial charge in [-0.2, -0.15) is 0 Å². The average Bonchev–Trinajstić information content (AvgIpc) is 2.34. The Hall–Kier alpha value is -1.64. The number of hydrogen-bond acceptors (Lipinski definition) is 2. The first-order valence-corrected chi connectivity index (χ1v) is 7.39. The van der Waals surface area contributed by atoms with E-state index in [2.05, 4.69) is 5.32 Å². The summed E-state index contributed by atoms with van der Waals surface area (Å²) in [6.07, 6.45) is 0.296. The topological polar surface area (TPSA) is 46.2 Å². The average molecular weight is 289 g/mol. The van der Waals surface area contributed by atoms with E-state index in [0.29, 0.717) is 6.42 Å². The van der Waals surface area contributed by atoms with Crippen LogP contribution in [0.4, 0.5) is 0 Å². The van der Waals surface area contributed by atoms with Crippen molar-refractivity contribution in [2.45, 2.75) is 54.0 Å². The van der Waals surface area contributed by atoms with Gasteiger partial charge in [0.1, 0.15) is 0 Å². The molecular weight excluding hydrogens is 262 g/mol. The van der Waals surface area contributed by atoms with Crippen LogP contribution in [0, 0.1) is 10.8 Å². The van der Waals surface area contributed by atoms with Gasteiger partial charge < -0.3 is 5.32 Å². The zero-order valence-corrected chi connectivity index (χ0v) is 14.0. The number of ketones is 1. The third-order valence-corrected chi connectivity index (χ3v) is 3.38. The molecule has 0 aromatic heterocycles. The van der Waals surface area contributed by atoms with Crippen LogP contribution in [0.25, 0.3) is 0 Å². The third-order valence-electron chi connectivity index (χ3n) is 3.38. The maximum absolute atomic E-state index is 12.6. The Morgan fingerprint density at radius 2 is 1.52 bits per heavy atom.